The average molecular weight is 299 g/mol. The molecule has 0 unspecified atom stereocenters. The molecule has 0 heterocycles. The molecular weight excluding hydrogens is 274 g/mol. The van der Waals surface area contributed by atoms with Crippen LogP contribution in [0, 0.1) is 0 Å². The second-order valence-corrected chi connectivity index (χ2v) is 8.74. The van der Waals surface area contributed by atoms with Crippen molar-refractivity contribution in [3.8, 4) is 5.75 Å². The number of nitrogens with one attached hydrogen (secondary N) is 1. The van der Waals surface area contributed by atoms with Crippen LogP contribution in [0.5, 0.6) is 5.75 Å². The summed E-state index contributed by atoms with van der Waals surface area (Å²) in [6, 6.07) is 7.87. The van der Waals surface area contributed by atoms with Crippen LogP contribution in [-0.2, 0) is 9.84 Å². The van der Waals surface area contributed by atoms with E-state index in [2.05, 4.69) is 5.32 Å². The molecule has 1 aromatic rings. The normalized spacial score (nSPS) is 14.1. The van der Waals surface area contributed by atoms with Crippen molar-refractivity contribution in [1.29, 1.82) is 0 Å². The highest BCUT2D eigenvalue weighted by atomic mass is 32.2. The monoisotopic (exact) mass is 299 g/mol. The number of methoxy groups -OCH3 is 1. The van der Waals surface area contributed by atoms with Gasteiger partial charge in [-0.15, -0.1) is 0 Å². The number of benzene rings is 1. The van der Waals surface area contributed by atoms with Crippen molar-refractivity contribution in [2.24, 2.45) is 0 Å². The van der Waals surface area contributed by atoms with Crippen molar-refractivity contribution in [3.05, 3.63) is 29.8 Å². The van der Waals surface area contributed by atoms with E-state index in [1.54, 1.807) is 27.9 Å². The molecule has 1 rings (SSSR count). The maximum Gasteiger partial charge on any atom is 0.156 e. The lowest BCUT2D eigenvalue weighted by Gasteiger charge is -2.20. The first-order chi connectivity index (χ1) is 9.17. The Morgan fingerprint density at radius 2 is 1.75 bits per heavy atom. The Morgan fingerprint density at radius 3 is 2.20 bits per heavy atom. The van der Waals surface area contributed by atoms with E-state index in [9.17, 15) is 8.42 Å². The van der Waals surface area contributed by atoms with Gasteiger partial charge in [0.15, 0.2) is 9.84 Å². The predicted octanol–water partition coefficient (Wildman–Crippen LogP) is 2.56. The molecule has 114 valence electrons. The zero-order valence-electron chi connectivity index (χ0n) is 12.9. The van der Waals surface area contributed by atoms with Gasteiger partial charge in [0.1, 0.15) is 5.75 Å². The van der Waals surface area contributed by atoms with E-state index in [1.807, 2.05) is 31.2 Å². The summed E-state index contributed by atoms with van der Waals surface area (Å²) in [6.07, 6.45) is 0. The van der Waals surface area contributed by atoms with Gasteiger partial charge in [-0.05, 0) is 45.4 Å². The van der Waals surface area contributed by atoms with Crippen molar-refractivity contribution < 1.29 is 13.2 Å². The first-order valence-corrected chi connectivity index (χ1v) is 8.42. The fraction of sp³-hybridized carbons (Fsp3) is 0.600. The summed E-state index contributed by atoms with van der Waals surface area (Å²) in [6.45, 7) is 7.66. The summed E-state index contributed by atoms with van der Waals surface area (Å²) in [4.78, 5) is 0. The maximum atomic E-state index is 12.0. The minimum Gasteiger partial charge on any atom is -0.497 e. The SMILES string of the molecule is COc1ccc([C@@H](C)NCCS(=O)(=O)C(C)(C)C)cc1. The molecule has 1 aromatic carbocycles. The van der Waals surface area contributed by atoms with Crippen LogP contribution in [0.1, 0.15) is 39.3 Å². The van der Waals surface area contributed by atoms with Crippen LogP contribution in [0.2, 0.25) is 0 Å². The third kappa shape index (κ3) is 4.49. The van der Waals surface area contributed by atoms with Crippen LogP contribution in [-0.4, -0.2) is 32.6 Å². The third-order valence-electron chi connectivity index (χ3n) is 3.37. The summed E-state index contributed by atoms with van der Waals surface area (Å²) >= 11 is 0. The fourth-order valence-electron chi connectivity index (χ4n) is 1.73. The highest BCUT2D eigenvalue weighted by Gasteiger charge is 2.28. The standard InChI is InChI=1S/C15H25NO3S/c1-12(13-6-8-14(19-5)9-7-13)16-10-11-20(17,18)15(2,3)4/h6-9,12,16H,10-11H2,1-5H3/t12-/m1/s1. The topological polar surface area (TPSA) is 55.4 Å². The molecule has 20 heavy (non-hydrogen) atoms. The number of rotatable bonds is 6. The van der Waals surface area contributed by atoms with Crippen molar-refractivity contribution in [1.82, 2.24) is 5.32 Å². The fourth-order valence-corrected chi connectivity index (χ4v) is 2.73. The average Bonchev–Trinajstić information content (AvgIpc) is 2.37. The summed E-state index contributed by atoms with van der Waals surface area (Å²) in [5.74, 6) is 0.966. The first-order valence-electron chi connectivity index (χ1n) is 6.77. The number of hydrogen-bond donors (Lipinski definition) is 1. The summed E-state index contributed by atoms with van der Waals surface area (Å²) in [5.41, 5.74) is 1.11. The molecule has 0 aliphatic carbocycles. The first kappa shape index (κ1) is 17.0. The van der Waals surface area contributed by atoms with Gasteiger partial charge in [-0.25, -0.2) is 8.42 Å². The quantitative estimate of drug-likeness (QED) is 0.877. The van der Waals surface area contributed by atoms with Crippen molar-refractivity contribution in [2.45, 2.75) is 38.5 Å². The lowest BCUT2D eigenvalue weighted by molar-refractivity contribution is 0.414. The Balaban J connectivity index is 2.53. The molecule has 0 fully saturated rings. The summed E-state index contributed by atoms with van der Waals surface area (Å²) < 4.78 is 28.4. The summed E-state index contributed by atoms with van der Waals surface area (Å²) in [5, 5.41) is 3.24. The highest BCUT2D eigenvalue weighted by Crippen LogP contribution is 2.18. The van der Waals surface area contributed by atoms with Crippen LogP contribution < -0.4 is 10.1 Å². The van der Waals surface area contributed by atoms with Crippen LogP contribution in [0.15, 0.2) is 24.3 Å². The Hall–Kier alpha value is -1.07. The molecule has 0 saturated heterocycles. The van der Waals surface area contributed by atoms with E-state index in [-0.39, 0.29) is 11.8 Å². The van der Waals surface area contributed by atoms with Crippen LogP contribution in [0.3, 0.4) is 0 Å². The zero-order chi connectivity index (χ0) is 15.4. The molecule has 0 bridgehead atoms. The van der Waals surface area contributed by atoms with Crippen LogP contribution in [0.4, 0.5) is 0 Å². The smallest absolute Gasteiger partial charge is 0.156 e. The van der Waals surface area contributed by atoms with Gasteiger partial charge >= 0.3 is 0 Å². The second kappa shape index (κ2) is 6.59. The van der Waals surface area contributed by atoms with Gasteiger partial charge in [0.25, 0.3) is 0 Å². The molecular formula is C15H25NO3S. The number of sulfone groups is 1. The van der Waals surface area contributed by atoms with Gasteiger partial charge in [-0.2, -0.15) is 0 Å². The molecule has 0 spiro atoms. The van der Waals surface area contributed by atoms with E-state index in [0.29, 0.717) is 6.54 Å². The lowest BCUT2D eigenvalue weighted by Crippen LogP contribution is -2.35. The minimum absolute atomic E-state index is 0.107. The predicted molar refractivity (Wildman–Crippen MR) is 83.0 cm³/mol. The molecule has 1 atom stereocenters. The number of hydrogen-bond acceptors (Lipinski definition) is 4. The molecule has 0 saturated carbocycles. The molecule has 5 heteroatoms. The Bertz CT molecular complexity index is 515. The maximum absolute atomic E-state index is 12.0. The number of ether oxygens (including phenoxy) is 1. The van der Waals surface area contributed by atoms with Gasteiger partial charge < -0.3 is 10.1 Å². The van der Waals surface area contributed by atoms with E-state index in [0.717, 1.165) is 11.3 Å². The highest BCUT2D eigenvalue weighted by molar-refractivity contribution is 7.92. The molecule has 0 aliphatic rings. The van der Waals surface area contributed by atoms with Gasteiger partial charge in [0, 0.05) is 12.6 Å². The Kier molecular flexibility index (Phi) is 5.59. The van der Waals surface area contributed by atoms with Crippen LogP contribution in [0.25, 0.3) is 0 Å². The van der Waals surface area contributed by atoms with E-state index < -0.39 is 14.6 Å². The van der Waals surface area contributed by atoms with E-state index >= 15 is 0 Å². The lowest BCUT2D eigenvalue weighted by atomic mass is 10.1. The largest absolute Gasteiger partial charge is 0.497 e. The van der Waals surface area contributed by atoms with E-state index in [4.69, 9.17) is 4.74 Å². The molecule has 4 nitrogen and oxygen atoms in total. The van der Waals surface area contributed by atoms with Gasteiger partial charge in [0.05, 0.1) is 17.6 Å². The van der Waals surface area contributed by atoms with Gasteiger partial charge in [-0.3, -0.25) is 0 Å². The third-order valence-corrected chi connectivity index (χ3v) is 5.98. The van der Waals surface area contributed by atoms with Crippen LogP contribution >= 0.6 is 0 Å². The molecule has 0 aliphatic heterocycles. The van der Waals surface area contributed by atoms with Crippen molar-refractivity contribution >= 4 is 9.84 Å². The molecule has 1 N–H and O–H groups in total. The Labute approximate surface area is 122 Å². The minimum atomic E-state index is -3.07. The zero-order valence-corrected chi connectivity index (χ0v) is 13.8. The molecule has 0 amide bonds. The molecule has 0 aromatic heterocycles. The Morgan fingerprint density at radius 1 is 1.20 bits per heavy atom. The summed E-state index contributed by atoms with van der Waals surface area (Å²) in [7, 11) is -1.44. The van der Waals surface area contributed by atoms with Crippen molar-refractivity contribution in [2.75, 3.05) is 19.4 Å². The molecule has 0 radical (unpaired) electrons. The van der Waals surface area contributed by atoms with Gasteiger partial charge in [0.2, 0.25) is 0 Å². The van der Waals surface area contributed by atoms with Crippen molar-refractivity contribution in [3.63, 3.8) is 0 Å². The van der Waals surface area contributed by atoms with E-state index in [1.165, 1.54) is 0 Å². The van der Waals surface area contributed by atoms with Gasteiger partial charge in [-0.1, -0.05) is 12.1 Å². The second-order valence-electron chi connectivity index (χ2n) is 5.88.